The van der Waals surface area contributed by atoms with Gasteiger partial charge < -0.3 is 4.74 Å². The lowest BCUT2D eigenvalue weighted by atomic mass is 10.1. The van der Waals surface area contributed by atoms with Crippen LogP contribution in [0.3, 0.4) is 0 Å². The predicted molar refractivity (Wildman–Crippen MR) is 97.0 cm³/mol. The lowest BCUT2D eigenvalue weighted by Gasteiger charge is -2.15. The van der Waals surface area contributed by atoms with Crippen LogP contribution in [-0.4, -0.2) is 18.4 Å². The van der Waals surface area contributed by atoms with Gasteiger partial charge in [0.15, 0.2) is 0 Å². The smallest absolute Gasteiger partial charge is 0.406 e. The maximum absolute atomic E-state index is 12.2. The zero-order valence-electron chi connectivity index (χ0n) is 14.5. The van der Waals surface area contributed by atoms with Gasteiger partial charge in [0.2, 0.25) is 0 Å². The van der Waals surface area contributed by atoms with Crippen molar-refractivity contribution in [3.8, 4) is 5.75 Å². The molecule has 0 bridgehead atoms. The van der Waals surface area contributed by atoms with Crippen molar-refractivity contribution < 1.29 is 17.9 Å². The van der Waals surface area contributed by atoms with Gasteiger partial charge in [0.05, 0.1) is 11.4 Å². The Kier molecular flexibility index (Phi) is 6.38. The molecule has 0 aliphatic carbocycles. The Labute approximate surface area is 150 Å². The van der Waals surface area contributed by atoms with Crippen LogP contribution >= 0.6 is 0 Å². The summed E-state index contributed by atoms with van der Waals surface area (Å²) in [4.78, 5) is 0. The summed E-state index contributed by atoms with van der Waals surface area (Å²) in [5, 5.41) is 13.2. The molecular formula is C19H20F3N3O. The number of ether oxygens (including phenoxy) is 1. The highest BCUT2D eigenvalue weighted by molar-refractivity contribution is 6.00. The van der Waals surface area contributed by atoms with Crippen molar-refractivity contribution in [2.75, 3.05) is 5.01 Å². The van der Waals surface area contributed by atoms with Crippen molar-refractivity contribution in [1.82, 2.24) is 0 Å². The molecule has 0 atom stereocenters. The zero-order valence-corrected chi connectivity index (χ0v) is 14.5. The van der Waals surface area contributed by atoms with Crippen LogP contribution in [0.15, 0.2) is 53.6 Å². The third kappa shape index (κ3) is 5.61. The van der Waals surface area contributed by atoms with Gasteiger partial charge in [0.1, 0.15) is 12.1 Å². The lowest BCUT2D eigenvalue weighted by Crippen LogP contribution is -2.18. The third-order valence-corrected chi connectivity index (χ3v) is 3.63. The number of nitrogens with one attached hydrogen (secondary N) is 1. The summed E-state index contributed by atoms with van der Waals surface area (Å²) in [5.41, 5.74) is 3.30. The largest absolute Gasteiger partial charge is 0.573 e. The Morgan fingerprint density at radius 1 is 1.12 bits per heavy atom. The molecule has 0 spiro atoms. The van der Waals surface area contributed by atoms with Gasteiger partial charge in [0, 0.05) is 0 Å². The molecule has 0 heterocycles. The van der Waals surface area contributed by atoms with Crippen molar-refractivity contribution >= 4 is 17.7 Å². The predicted octanol–water partition coefficient (Wildman–Crippen LogP) is 5.38. The standard InChI is InChI=1S/C19H20F3N3O/c1-3-4-15-5-7-16(8-6-15)14(2)24-25(13-23)17-9-11-18(12-10-17)26-19(20,21)22/h5-13,23H,3-4H2,1-2H3/b23-13?,24-14+. The number of hydrogen-bond acceptors (Lipinski definition) is 3. The number of benzene rings is 2. The normalized spacial score (nSPS) is 12.0. The Bertz CT molecular complexity index is 753. The van der Waals surface area contributed by atoms with E-state index in [0.29, 0.717) is 11.4 Å². The molecule has 0 saturated heterocycles. The van der Waals surface area contributed by atoms with Gasteiger partial charge in [-0.25, -0.2) is 5.01 Å². The van der Waals surface area contributed by atoms with Gasteiger partial charge in [0.25, 0.3) is 0 Å². The number of halogens is 3. The van der Waals surface area contributed by atoms with E-state index in [1.807, 2.05) is 31.2 Å². The fourth-order valence-electron chi connectivity index (χ4n) is 2.38. The summed E-state index contributed by atoms with van der Waals surface area (Å²) in [6, 6.07) is 13.2. The van der Waals surface area contributed by atoms with Crippen molar-refractivity contribution in [1.29, 1.82) is 5.41 Å². The summed E-state index contributed by atoms with van der Waals surface area (Å²) in [5.74, 6) is -0.321. The second-order valence-corrected chi connectivity index (χ2v) is 5.65. The quantitative estimate of drug-likeness (QED) is 0.408. The summed E-state index contributed by atoms with van der Waals surface area (Å²) < 4.78 is 40.5. The minimum Gasteiger partial charge on any atom is -0.406 e. The average molecular weight is 363 g/mol. The van der Waals surface area contributed by atoms with Crippen LogP contribution in [0.4, 0.5) is 18.9 Å². The van der Waals surface area contributed by atoms with Crippen LogP contribution in [0.25, 0.3) is 0 Å². The molecule has 0 aromatic heterocycles. The zero-order chi connectivity index (χ0) is 19.2. The first-order valence-corrected chi connectivity index (χ1v) is 8.12. The molecule has 0 fully saturated rings. The highest BCUT2D eigenvalue weighted by Gasteiger charge is 2.31. The molecule has 0 aliphatic heterocycles. The molecule has 2 rings (SSSR count). The van der Waals surface area contributed by atoms with E-state index in [0.717, 1.165) is 24.7 Å². The average Bonchev–Trinajstić information content (AvgIpc) is 2.60. The van der Waals surface area contributed by atoms with E-state index in [4.69, 9.17) is 5.41 Å². The molecule has 26 heavy (non-hydrogen) atoms. The Hall–Kier alpha value is -2.83. The summed E-state index contributed by atoms with van der Waals surface area (Å²) >= 11 is 0. The third-order valence-electron chi connectivity index (χ3n) is 3.63. The molecule has 7 heteroatoms. The first-order valence-electron chi connectivity index (χ1n) is 8.12. The second kappa shape index (κ2) is 8.51. The molecule has 138 valence electrons. The molecule has 0 aliphatic rings. The lowest BCUT2D eigenvalue weighted by molar-refractivity contribution is -0.274. The first kappa shape index (κ1) is 19.5. The number of hydrazone groups is 1. The number of alkyl halides is 3. The highest BCUT2D eigenvalue weighted by atomic mass is 19.4. The van der Waals surface area contributed by atoms with E-state index >= 15 is 0 Å². The summed E-state index contributed by atoms with van der Waals surface area (Å²) in [6.07, 6.45) is -1.66. The molecule has 2 aromatic rings. The van der Waals surface area contributed by atoms with Crippen LogP contribution in [0.5, 0.6) is 5.75 Å². The Morgan fingerprint density at radius 3 is 2.23 bits per heavy atom. The highest BCUT2D eigenvalue weighted by Crippen LogP contribution is 2.25. The van der Waals surface area contributed by atoms with Crippen molar-refractivity contribution in [3.63, 3.8) is 0 Å². The van der Waals surface area contributed by atoms with E-state index in [2.05, 4.69) is 16.8 Å². The Balaban J connectivity index is 2.16. The van der Waals surface area contributed by atoms with Gasteiger partial charge in [-0.1, -0.05) is 37.6 Å². The molecular weight excluding hydrogens is 343 g/mol. The first-order chi connectivity index (χ1) is 12.3. The summed E-state index contributed by atoms with van der Waals surface area (Å²) in [6.45, 7) is 3.93. The van der Waals surface area contributed by atoms with E-state index in [1.54, 1.807) is 0 Å². The van der Waals surface area contributed by atoms with E-state index < -0.39 is 6.36 Å². The van der Waals surface area contributed by atoms with Crippen molar-refractivity contribution in [2.45, 2.75) is 33.1 Å². The van der Waals surface area contributed by atoms with Crippen LogP contribution in [0.1, 0.15) is 31.4 Å². The minimum absolute atomic E-state index is 0.321. The number of hydrogen-bond donors (Lipinski definition) is 1. The number of aryl methyl sites for hydroxylation is 1. The molecule has 0 saturated carbocycles. The summed E-state index contributed by atoms with van der Waals surface area (Å²) in [7, 11) is 0. The maximum atomic E-state index is 12.2. The molecule has 0 amide bonds. The molecule has 4 nitrogen and oxygen atoms in total. The van der Waals surface area contributed by atoms with Crippen molar-refractivity contribution in [3.05, 3.63) is 59.7 Å². The van der Waals surface area contributed by atoms with E-state index in [1.165, 1.54) is 34.8 Å². The van der Waals surface area contributed by atoms with E-state index in [-0.39, 0.29) is 5.75 Å². The van der Waals surface area contributed by atoms with Crippen LogP contribution in [0, 0.1) is 5.41 Å². The van der Waals surface area contributed by atoms with Gasteiger partial charge in [-0.3, -0.25) is 5.41 Å². The van der Waals surface area contributed by atoms with Crippen LogP contribution in [0.2, 0.25) is 0 Å². The van der Waals surface area contributed by atoms with Gasteiger partial charge in [-0.2, -0.15) is 5.10 Å². The number of rotatable bonds is 7. The molecule has 1 N–H and O–H groups in total. The van der Waals surface area contributed by atoms with Gasteiger partial charge >= 0.3 is 6.36 Å². The second-order valence-electron chi connectivity index (χ2n) is 5.65. The molecule has 0 radical (unpaired) electrons. The fourth-order valence-corrected chi connectivity index (χ4v) is 2.38. The van der Waals surface area contributed by atoms with Crippen molar-refractivity contribution in [2.24, 2.45) is 5.10 Å². The minimum atomic E-state index is -4.73. The topological polar surface area (TPSA) is 48.7 Å². The monoisotopic (exact) mass is 363 g/mol. The number of nitrogens with zero attached hydrogens (tertiary/aromatic N) is 2. The van der Waals surface area contributed by atoms with Crippen LogP contribution in [-0.2, 0) is 6.42 Å². The number of anilines is 1. The molecule has 2 aromatic carbocycles. The maximum Gasteiger partial charge on any atom is 0.573 e. The van der Waals surface area contributed by atoms with Gasteiger partial charge in [-0.05, 0) is 48.7 Å². The van der Waals surface area contributed by atoms with E-state index in [9.17, 15) is 13.2 Å². The fraction of sp³-hybridized carbons (Fsp3) is 0.263. The SMILES string of the molecule is CCCc1ccc(/C(C)=N/N(C=N)c2ccc(OC(F)(F)F)cc2)cc1. The molecule has 0 unspecified atom stereocenters. The Morgan fingerprint density at radius 2 is 1.73 bits per heavy atom. The van der Waals surface area contributed by atoms with Gasteiger partial charge in [-0.15, -0.1) is 13.2 Å². The van der Waals surface area contributed by atoms with Crippen LogP contribution < -0.4 is 9.75 Å².